The first-order chi connectivity index (χ1) is 10.1. The van der Waals surface area contributed by atoms with Crippen LogP contribution in [-0.2, 0) is 6.61 Å². The van der Waals surface area contributed by atoms with E-state index in [1.54, 1.807) is 18.3 Å². The fourth-order valence-corrected chi connectivity index (χ4v) is 1.68. The normalized spacial score (nSPS) is 10.5. The summed E-state index contributed by atoms with van der Waals surface area (Å²) in [4.78, 5) is 4.18. The summed E-state index contributed by atoms with van der Waals surface area (Å²) in [6.45, 7) is 0.389. The van der Waals surface area contributed by atoms with Crippen molar-refractivity contribution in [3.05, 3.63) is 53.9 Å². The molecule has 0 unspecified atom stereocenters. The second kappa shape index (κ2) is 7.20. The maximum absolute atomic E-state index is 5.73. The van der Waals surface area contributed by atoms with Crippen LogP contribution in [0.4, 0.5) is 5.69 Å². The van der Waals surface area contributed by atoms with Crippen molar-refractivity contribution in [2.45, 2.75) is 6.61 Å². The number of ether oxygens (including phenoxy) is 1. The highest BCUT2D eigenvalue weighted by Crippen LogP contribution is 2.16. The molecule has 0 radical (unpaired) electrons. The Kier molecular flexibility index (Phi) is 5.05. The van der Waals surface area contributed by atoms with Gasteiger partial charge in [0.1, 0.15) is 18.1 Å². The van der Waals surface area contributed by atoms with Crippen molar-refractivity contribution in [3.8, 4) is 5.75 Å². The van der Waals surface area contributed by atoms with Crippen LogP contribution in [0.5, 0.6) is 5.75 Å². The molecule has 0 spiro atoms. The lowest BCUT2D eigenvalue weighted by atomic mass is 10.2. The van der Waals surface area contributed by atoms with Crippen LogP contribution in [0, 0.1) is 0 Å². The second-order valence-electron chi connectivity index (χ2n) is 4.15. The topological polar surface area (TPSA) is 98.5 Å². The third kappa shape index (κ3) is 4.73. The molecule has 0 amide bonds. The van der Waals surface area contributed by atoms with Gasteiger partial charge in [-0.1, -0.05) is 12.1 Å². The lowest BCUT2D eigenvalue weighted by Crippen LogP contribution is -2.24. The molecule has 21 heavy (non-hydrogen) atoms. The molecule has 0 aliphatic heterocycles. The Morgan fingerprint density at radius 3 is 3.00 bits per heavy atom. The fraction of sp³-hybridized carbons (Fsp3) is 0.0714. The van der Waals surface area contributed by atoms with E-state index in [9.17, 15) is 0 Å². The van der Waals surface area contributed by atoms with Gasteiger partial charge in [-0.2, -0.15) is 5.10 Å². The van der Waals surface area contributed by atoms with Crippen LogP contribution >= 0.6 is 12.2 Å². The summed E-state index contributed by atoms with van der Waals surface area (Å²) in [7, 11) is 0. The number of pyridine rings is 1. The Labute approximate surface area is 127 Å². The van der Waals surface area contributed by atoms with Crippen molar-refractivity contribution < 1.29 is 4.74 Å². The largest absolute Gasteiger partial charge is 0.487 e. The van der Waals surface area contributed by atoms with Gasteiger partial charge in [0, 0.05) is 11.9 Å². The zero-order chi connectivity index (χ0) is 15.1. The fourth-order valence-electron chi connectivity index (χ4n) is 1.62. The Morgan fingerprint density at radius 1 is 1.38 bits per heavy atom. The Bertz CT molecular complexity index is 659. The lowest BCUT2D eigenvalue weighted by molar-refractivity contribution is 0.304. The first kappa shape index (κ1) is 14.7. The minimum atomic E-state index is 0.0874. The van der Waals surface area contributed by atoms with Crippen LogP contribution in [0.25, 0.3) is 0 Å². The van der Waals surface area contributed by atoms with Crippen LogP contribution in [-0.4, -0.2) is 16.3 Å². The zero-order valence-corrected chi connectivity index (χ0v) is 12.0. The molecule has 108 valence electrons. The molecule has 0 atom stereocenters. The first-order valence-electron chi connectivity index (χ1n) is 6.16. The molecule has 6 nitrogen and oxygen atoms in total. The number of anilines is 1. The number of benzene rings is 1. The molecule has 0 aliphatic rings. The average molecular weight is 301 g/mol. The van der Waals surface area contributed by atoms with E-state index in [-0.39, 0.29) is 5.11 Å². The number of hydrogen-bond acceptors (Lipinski definition) is 5. The van der Waals surface area contributed by atoms with Crippen molar-refractivity contribution in [1.29, 1.82) is 0 Å². The van der Waals surface area contributed by atoms with E-state index < -0.39 is 0 Å². The van der Waals surface area contributed by atoms with Gasteiger partial charge in [0.25, 0.3) is 0 Å². The van der Waals surface area contributed by atoms with Gasteiger partial charge in [0.15, 0.2) is 5.11 Å². The minimum absolute atomic E-state index is 0.0874. The molecule has 0 saturated heterocycles. The predicted molar refractivity (Wildman–Crippen MR) is 86.9 cm³/mol. The Balaban J connectivity index is 2.06. The summed E-state index contributed by atoms with van der Waals surface area (Å²) in [6, 6.07) is 11.1. The Morgan fingerprint density at radius 2 is 2.24 bits per heavy atom. The molecular weight excluding hydrogens is 286 g/mol. The highest BCUT2D eigenvalue weighted by molar-refractivity contribution is 7.80. The number of thiocarbonyl (C=S) groups is 1. The molecular formula is C14H15N5OS. The number of hydrogen-bond donors (Lipinski definition) is 3. The average Bonchev–Trinajstić information content (AvgIpc) is 2.46. The van der Waals surface area contributed by atoms with Gasteiger partial charge < -0.3 is 16.2 Å². The van der Waals surface area contributed by atoms with Crippen LogP contribution in [0.15, 0.2) is 47.7 Å². The lowest BCUT2D eigenvalue weighted by Gasteiger charge is -2.08. The van der Waals surface area contributed by atoms with E-state index in [4.69, 9.17) is 16.2 Å². The summed E-state index contributed by atoms with van der Waals surface area (Å²) in [5.41, 5.74) is 15.7. The van der Waals surface area contributed by atoms with Gasteiger partial charge in [-0.15, -0.1) is 0 Å². The monoisotopic (exact) mass is 301 g/mol. The number of rotatable bonds is 5. The maximum atomic E-state index is 5.73. The van der Waals surface area contributed by atoms with Crippen LogP contribution in [0.1, 0.15) is 11.3 Å². The number of hydrazone groups is 1. The van der Waals surface area contributed by atoms with Gasteiger partial charge in [-0.05, 0) is 42.0 Å². The quantitative estimate of drug-likeness (QED) is 0.334. The molecule has 1 aromatic carbocycles. The van der Waals surface area contributed by atoms with E-state index in [1.165, 1.54) is 6.21 Å². The molecule has 0 bridgehead atoms. The van der Waals surface area contributed by atoms with E-state index in [1.807, 2.05) is 24.3 Å². The smallest absolute Gasteiger partial charge is 0.184 e. The summed E-state index contributed by atoms with van der Waals surface area (Å²) >= 11 is 4.66. The van der Waals surface area contributed by atoms with Gasteiger partial charge in [0.2, 0.25) is 0 Å². The molecule has 2 aromatic rings. The number of aromatic nitrogens is 1. The number of nitrogen functional groups attached to an aromatic ring is 1. The number of nitrogens with one attached hydrogen (secondary N) is 1. The number of nitrogens with two attached hydrogens (primary N) is 2. The third-order valence-electron chi connectivity index (χ3n) is 2.51. The van der Waals surface area contributed by atoms with E-state index in [0.717, 1.165) is 5.56 Å². The molecule has 0 aliphatic carbocycles. The molecule has 1 heterocycles. The minimum Gasteiger partial charge on any atom is -0.487 e. The highest BCUT2D eigenvalue weighted by atomic mass is 32.1. The van der Waals surface area contributed by atoms with E-state index >= 15 is 0 Å². The standard InChI is InChI=1S/C14H15N5OS/c15-11-4-1-3-10(7-11)9-20-13-5-2-6-17-12(13)8-18-19-14(16)21/h1-8H,9,15H2,(H3,16,19,21). The van der Waals surface area contributed by atoms with E-state index in [0.29, 0.717) is 23.7 Å². The van der Waals surface area contributed by atoms with Gasteiger partial charge in [-0.3, -0.25) is 10.4 Å². The first-order valence-corrected chi connectivity index (χ1v) is 6.57. The van der Waals surface area contributed by atoms with Crippen LogP contribution in [0.2, 0.25) is 0 Å². The second-order valence-corrected chi connectivity index (χ2v) is 4.59. The van der Waals surface area contributed by atoms with Crippen molar-refractivity contribution >= 4 is 29.2 Å². The van der Waals surface area contributed by atoms with E-state index in [2.05, 4.69) is 27.7 Å². The summed E-state index contributed by atoms with van der Waals surface area (Å²) in [5, 5.41) is 3.95. The van der Waals surface area contributed by atoms with Crippen LogP contribution in [0.3, 0.4) is 0 Å². The molecule has 5 N–H and O–H groups in total. The van der Waals surface area contributed by atoms with Crippen LogP contribution < -0.4 is 21.6 Å². The summed E-state index contributed by atoms with van der Waals surface area (Å²) in [6.07, 6.45) is 3.14. The van der Waals surface area contributed by atoms with Crippen molar-refractivity contribution in [2.75, 3.05) is 5.73 Å². The maximum Gasteiger partial charge on any atom is 0.184 e. The number of nitrogens with zero attached hydrogens (tertiary/aromatic N) is 2. The zero-order valence-electron chi connectivity index (χ0n) is 11.2. The SMILES string of the molecule is NC(=S)NN=Cc1ncccc1OCc1cccc(N)c1. The molecule has 1 aromatic heterocycles. The third-order valence-corrected chi connectivity index (χ3v) is 2.60. The van der Waals surface area contributed by atoms with Crippen molar-refractivity contribution in [3.63, 3.8) is 0 Å². The highest BCUT2D eigenvalue weighted by Gasteiger charge is 2.03. The predicted octanol–water partition coefficient (Wildman–Crippen LogP) is 1.41. The molecule has 2 rings (SSSR count). The van der Waals surface area contributed by atoms with Gasteiger partial charge in [0.05, 0.1) is 6.21 Å². The molecule has 0 fully saturated rings. The van der Waals surface area contributed by atoms with Crippen molar-refractivity contribution in [2.24, 2.45) is 10.8 Å². The van der Waals surface area contributed by atoms with Gasteiger partial charge >= 0.3 is 0 Å². The summed E-state index contributed by atoms with van der Waals surface area (Å²) < 4.78 is 5.73. The molecule has 0 saturated carbocycles. The summed E-state index contributed by atoms with van der Waals surface area (Å²) in [5.74, 6) is 0.605. The van der Waals surface area contributed by atoms with Crippen molar-refractivity contribution in [1.82, 2.24) is 10.4 Å². The molecule has 7 heteroatoms. The Hall–Kier alpha value is -2.67. The van der Waals surface area contributed by atoms with Gasteiger partial charge in [-0.25, -0.2) is 0 Å².